The minimum Gasteiger partial charge on any atom is -0.358 e. The van der Waals surface area contributed by atoms with E-state index in [0.717, 1.165) is 40.9 Å². The van der Waals surface area contributed by atoms with Gasteiger partial charge in [0.1, 0.15) is 5.65 Å². The molecule has 68 heavy (non-hydrogen) atoms. The van der Waals surface area contributed by atoms with Crippen molar-refractivity contribution < 1.29 is 40.2 Å². The first-order valence-electron chi connectivity index (χ1n) is 21.7. The Labute approximate surface area is 425 Å². The molecule has 2 aliphatic heterocycles. The number of aromatic nitrogens is 8. The maximum atomic E-state index is 4.76. The Bertz CT molecular complexity index is 3370. The summed E-state index contributed by atoms with van der Waals surface area (Å²) in [5, 5.41) is 15.7. The summed E-state index contributed by atoms with van der Waals surface area (Å²) in [7, 11) is 0. The summed E-state index contributed by atoms with van der Waals surface area (Å²) in [6.45, 7) is 9.23. The molecule has 343 valence electrons. The van der Waals surface area contributed by atoms with Crippen molar-refractivity contribution in [1.29, 1.82) is 0 Å². The summed E-state index contributed by atoms with van der Waals surface area (Å²) in [4.78, 5) is 9.49. The fourth-order valence-corrected chi connectivity index (χ4v) is 9.68. The van der Waals surface area contributed by atoms with Crippen LogP contribution in [0.3, 0.4) is 0 Å². The molecule has 6 aromatic carbocycles. The molecule has 0 bridgehead atoms. The summed E-state index contributed by atoms with van der Waals surface area (Å²) >= 11 is 0. The van der Waals surface area contributed by atoms with Crippen molar-refractivity contribution in [1.82, 2.24) is 38.3 Å². The number of nitrogens with zero attached hydrogens (tertiary/aromatic N) is 8. The first-order valence-corrected chi connectivity index (χ1v) is 21.7. The van der Waals surface area contributed by atoms with Crippen LogP contribution in [0.1, 0.15) is 50.2 Å². The normalized spacial score (nSPS) is 13.2. The molecule has 0 N–H and O–H groups in total. The van der Waals surface area contributed by atoms with E-state index >= 15 is 0 Å². The molecular weight excluding hydrogens is 1190 g/mol. The minimum atomic E-state index is 0. The average molecular weight is 1240 g/mol. The molecule has 0 saturated carbocycles. The van der Waals surface area contributed by atoms with Gasteiger partial charge in [-0.15, -0.1) is 41.8 Å². The number of hydrogen-bond acceptors (Lipinski definition) is 4. The molecular formula is C58H51Ir2N8-2. The molecule has 0 amide bonds. The van der Waals surface area contributed by atoms with E-state index in [-0.39, 0.29) is 65.9 Å². The van der Waals surface area contributed by atoms with Gasteiger partial charge in [-0.2, -0.15) is 58.7 Å². The van der Waals surface area contributed by atoms with Gasteiger partial charge in [0.2, 0.25) is 0 Å². The van der Waals surface area contributed by atoms with E-state index in [1.807, 2.05) is 85.3 Å². The van der Waals surface area contributed by atoms with Gasteiger partial charge in [0.05, 0.1) is 11.2 Å². The second-order valence-corrected chi connectivity index (χ2v) is 17.8. The molecule has 8 heterocycles. The van der Waals surface area contributed by atoms with Crippen LogP contribution in [-0.4, -0.2) is 38.3 Å². The van der Waals surface area contributed by atoms with Crippen LogP contribution in [0, 0.1) is 33.1 Å². The number of benzene rings is 6. The van der Waals surface area contributed by atoms with Crippen LogP contribution < -0.4 is 0 Å². The third kappa shape index (κ3) is 8.63. The molecule has 0 fully saturated rings. The number of hydrogen-bond donors (Lipinski definition) is 0. The zero-order valence-electron chi connectivity index (χ0n) is 38.9. The van der Waals surface area contributed by atoms with E-state index < -0.39 is 0 Å². The van der Waals surface area contributed by atoms with E-state index in [2.05, 4.69) is 144 Å². The van der Waals surface area contributed by atoms with E-state index in [1.54, 1.807) is 21.8 Å². The monoisotopic (exact) mass is 1250 g/mol. The van der Waals surface area contributed by atoms with Crippen molar-refractivity contribution in [3.63, 3.8) is 0 Å². The predicted molar refractivity (Wildman–Crippen MR) is 270 cm³/mol. The Morgan fingerprint density at radius 2 is 0.926 bits per heavy atom. The molecule has 10 heteroatoms. The standard InChI is InChI=1S/C19H16N2.C19H15N2.2C9H7N2.2CH3.2Ir/c2*1-19(2)10-12-6-5-9-14-13-7-3-4-8-15(13)18-20-11-16(19)21(18)17(12)14;2*1-2-5-9(6-3-1)11-8-4-7-10-11;;;;/h3-9,11H,10H2,1-2H3;3-7,9,11H,10H2,1-2H3;2*1-5,7-8H;2*1H3;;/q;5*-1;;+3. The number of para-hydroxylation sites is 4. The summed E-state index contributed by atoms with van der Waals surface area (Å²) in [5.74, 6) is 0. The molecule has 12 aromatic rings. The molecule has 6 aromatic heterocycles. The first kappa shape index (κ1) is 49.4. The Hall–Kier alpha value is -6.54. The third-order valence-electron chi connectivity index (χ3n) is 12.6. The largest absolute Gasteiger partial charge is 3.00 e. The van der Waals surface area contributed by atoms with E-state index in [4.69, 9.17) is 9.97 Å². The van der Waals surface area contributed by atoms with Gasteiger partial charge >= 0.3 is 20.1 Å². The van der Waals surface area contributed by atoms with E-state index in [9.17, 15) is 0 Å². The number of fused-ring (bicyclic) bond motifs is 6. The quantitative estimate of drug-likeness (QED) is 0.128. The fraction of sp³-hybridized carbons (Fsp3) is 0.138. The predicted octanol–water partition coefficient (Wildman–Crippen LogP) is 13.0. The summed E-state index contributed by atoms with van der Waals surface area (Å²) < 4.78 is 8.30. The summed E-state index contributed by atoms with van der Waals surface area (Å²) in [5.41, 5.74) is 12.5. The molecule has 14 rings (SSSR count). The second-order valence-electron chi connectivity index (χ2n) is 17.8. The van der Waals surface area contributed by atoms with Crippen molar-refractivity contribution in [2.45, 2.75) is 51.4 Å². The Kier molecular flexibility index (Phi) is 14.5. The van der Waals surface area contributed by atoms with E-state index in [1.165, 1.54) is 60.5 Å². The van der Waals surface area contributed by atoms with Crippen LogP contribution in [0.5, 0.6) is 0 Å². The molecule has 0 aliphatic carbocycles. The van der Waals surface area contributed by atoms with Crippen LogP contribution in [0.25, 0.3) is 66.0 Å². The summed E-state index contributed by atoms with van der Waals surface area (Å²) in [6.07, 6.45) is 13.5. The zero-order valence-corrected chi connectivity index (χ0v) is 43.7. The maximum absolute atomic E-state index is 4.76. The average Bonchev–Trinajstić information content (AvgIpc) is 4.18. The molecule has 0 atom stereocenters. The van der Waals surface area contributed by atoms with Crippen molar-refractivity contribution >= 4 is 54.6 Å². The summed E-state index contributed by atoms with van der Waals surface area (Å²) in [6, 6.07) is 57.0. The zero-order chi connectivity index (χ0) is 43.4. The van der Waals surface area contributed by atoms with E-state index in [0.29, 0.717) is 0 Å². The maximum Gasteiger partial charge on any atom is 3.00 e. The van der Waals surface area contributed by atoms with Crippen LogP contribution in [0.4, 0.5) is 0 Å². The van der Waals surface area contributed by atoms with Gasteiger partial charge in [-0.25, -0.2) is 4.98 Å². The van der Waals surface area contributed by atoms with Gasteiger partial charge in [-0.3, -0.25) is 18.7 Å². The van der Waals surface area contributed by atoms with Gasteiger partial charge < -0.3 is 19.3 Å². The number of pyridine rings is 2. The molecule has 8 nitrogen and oxygen atoms in total. The Morgan fingerprint density at radius 1 is 0.471 bits per heavy atom. The second kappa shape index (κ2) is 20.0. The van der Waals surface area contributed by atoms with Gasteiger partial charge in [0.25, 0.3) is 0 Å². The molecule has 0 saturated heterocycles. The Morgan fingerprint density at radius 3 is 1.44 bits per heavy atom. The SMILES string of the molecule is CC1(C)Cc2cccc3c4ccc[c-]c4c4ncc1n4c23.CC1(C)Cc2cccc3c4ccccc4c4ncc1n4c23.[CH3-].[CH3-].[Ir+3].[Ir].[c-]1ccccc1-n1cccn1.[c-]1ccccc1-n1cccn1. The number of rotatable bonds is 2. The topological polar surface area (TPSA) is 70.2 Å². The van der Waals surface area contributed by atoms with Crippen LogP contribution in [0.2, 0.25) is 0 Å². The van der Waals surface area contributed by atoms with Crippen molar-refractivity contribution in [2.24, 2.45) is 0 Å². The third-order valence-corrected chi connectivity index (χ3v) is 12.6. The molecule has 0 unspecified atom stereocenters. The van der Waals surface area contributed by atoms with Gasteiger partial charge in [-0.1, -0.05) is 93.7 Å². The van der Waals surface area contributed by atoms with Crippen LogP contribution in [-0.2, 0) is 63.9 Å². The van der Waals surface area contributed by atoms with Gasteiger partial charge in [0, 0.05) is 95.8 Å². The molecule has 2 aliphatic rings. The van der Waals surface area contributed by atoms with Gasteiger partial charge in [-0.05, 0) is 58.2 Å². The number of imidazole rings is 2. The fourth-order valence-electron chi connectivity index (χ4n) is 9.68. The molecule has 0 spiro atoms. The smallest absolute Gasteiger partial charge is 0.358 e. The van der Waals surface area contributed by atoms with Crippen molar-refractivity contribution in [3.8, 4) is 11.4 Å². The van der Waals surface area contributed by atoms with Crippen molar-refractivity contribution in [3.05, 3.63) is 232 Å². The van der Waals surface area contributed by atoms with Gasteiger partial charge in [0.15, 0.2) is 0 Å². The Balaban J connectivity index is 0.000000137. The molecule has 1 radical (unpaired) electrons. The van der Waals surface area contributed by atoms with Crippen LogP contribution >= 0.6 is 0 Å². The van der Waals surface area contributed by atoms with Crippen molar-refractivity contribution in [2.75, 3.05) is 0 Å². The van der Waals surface area contributed by atoms with Crippen LogP contribution in [0.15, 0.2) is 177 Å². The first-order chi connectivity index (χ1) is 31.3. The minimum absolute atomic E-state index is 0.